The van der Waals surface area contributed by atoms with Gasteiger partial charge in [-0.15, -0.1) is 0 Å². The molecule has 100 valence electrons. The Balaban J connectivity index is 1.66. The lowest BCUT2D eigenvalue weighted by molar-refractivity contribution is -0.153. The Hall–Kier alpha value is -0.570. The second-order valence-electron chi connectivity index (χ2n) is 6.69. The molecule has 0 aromatic carbocycles. The first-order valence-corrected chi connectivity index (χ1v) is 7.91. The van der Waals surface area contributed by atoms with Crippen LogP contribution in [-0.4, -0.2) is 46.4 Å². The zero-order valence-corrected chi connectivity index (χ0v) is 11.2. The summed E-state index contributed by atoms with van der Waals surface area (Å²) in [6.07, 6.45) is 11.4. The highest BCUT2D eigenvalue weighted by atomic mass is 16.2. The molecule has 0 saturated carbocycles. The average Bonchev–Trinajstić information content (AvgIpc) is 2.41. The predicted octanol–water partition coefficient (Wildman–Crippen LogP) is 2.16. The Labute approximate surface area is 110 Å². The minimum atomic E-state index is 0.443. The van der Waals surface area contributed by atoms with Crippen LogP contribution in [0.5, 0.6) is 0 Å². The molecule has 4 fully saturated rings. The van der Waals surface area contributed by atoms with Crippen LogP contribution >= 0.6 is 0 Å². The highest BCUT2D eigenvalue weighted by Crippen LogP contribution is 2.41. The number of fused-ring (bicyclic) bond motifs is 2. The van der Waals surface area contributed by atoms with Crippen molar-refractivity contribution in [3.8, 4) is 0 Å². The molecule has 0 N–H and O–H groups in total. The molecule has 4 heterocycles. The van der Waals surface area contributed by atoms with Gasteiger partial charge in [-0.3, -0.25) is 9.69 Å². The maximum absolute atomic E-state index is 12.2. The smallest absolute Gasteiger partial charge is 0.222 e. The van der Waals surface area contributed by atoms with Gasteiger partial charge in [0.1, 0.15) is 0 Å². The Morgan fingerprint density at radius 2 is 1.56 bits per heavy atom. The maximum atomic E-state index is 12.2. The number of carbonyl (C=O) groups is 1. The van der Waals surface area contributed by atoms with Gasteiger partial charge in [-0.05, 0) is 38.5 Å². The fourth-order valence-electron chi connectivity index (χ4n) is 5.12. The van der Waals surface area contributed by atoms with Crippen LogP contribution in [-0.2, 0) is 4.79 Å². The van der Waals surface area contributed by atoms with E-state index in [-0.39, 0.29) is 0 Å². The first-order chi connectivity index (χ1) is 8.84. The fourth-order valence-corrected chi connectivity index (χ4v) is 5.12. The molecule has 0 spiro atoms. The number of hydrogen-bond acceptors (Lipinski definition) is 2. The summed E-state index contributed by atoms with van der Waals surface area (Å²) in [7, 11) is 0. The van der Waals surface area contributed by atoms with Crippen LogP contribution in [0.3, 0.4) is 0 Å². The molecule has 0 radical (unpaired) electrons. The minimum absolute atomic E-state index is 0.443. The largest absolute Gasteiger partial charge is 0.337 e. The van der Waals surface area contributed by atoms with E-state index in [9.17, 15) is 4.79 Å². The number of piperidine rings is 3. The summed E-state index contributed by atoms with van der Waals surface area (Å²) >= 11 is 0. The highest BCUT2D eigenvalue weighted by Gasteiger charge is 2.49. The monoisotopic (exact) mass is 248 g/mol. The lowest BCUT2D eigenvalue weighted by Gasteiger charge is -2.59. The van der Waals surface area contributed by atoms with Gasteiger partial charge in [-0.25, -0.2) is 0 Å². The molecule has 4 atom stereocenters. The van der Waals surface area contributed by atoms with Crippen molar-refractivity contribution in [2.45, 2.75) is 82.0 Å². The van der Waals surface area contributed by atoms with Crippen LogP contribution < -0.4 is 0 Å². The molecule has 3 heteroatoms. The lowest BCUT2D eigenvalue weighted by Crippen LogP contribution is -2.70. The van der Waals surface area contributed by atoms with Crippen LogP contribution in [0.1, 0.15) is 57.8 Å². The summed E-state index contributed by atoms with van der Waals surface area (Å²) in [6.45, 7) is 1.04. The highest BCUT2D eigenvalue weighted by molar-refractivity contribution is 5.77. The second-order valence-corrected chi connectivity index (χ2v) is 6.69. The quantitative estimate of drug-likeness (QED) is 0.656. The summed E-state index contributed by atoms with van der Waals surface area (Å²) in [6, 6.07) is 2.80. The first-order valence-electron chi connectivity index (χ1n) is 7.91. The molecule has 3 nitrogen and oxygen atoms in total. The van der Waals surface area contributed by atoms with E-state index in [0.717, 1.165) is 25.4 Å². The third-order valence-corrected chi connectivity index (χ3v) is 5.80. The maximum Gasteiger partial charge on any atom is 0.222 e. The Bertz CT molecular complexity index is 354. The molecular weight excluding hydrogens is 224 g/mol. The van der Waals surface area contributed by atoms with Gasteiger partial charge in [-0.2, -0.15) is 0 Å². The lowest BCUT2D eigenvalue weighted by atomic mass is 9.77. The molecule has 0 bridgehead atoms. The van der Waals surface area contributed by atoms with Crippen molar-refractivity contribution < 1.29 is 4.79 Å². The van der Waals surface area contributed by atoms with Crippen molar-refractivity contribution in [2.75, 3.05) is 6.54 Å². The molecule has 4 aliphatic heterocycles. The van der Waals surface area contributed by atoms with Crippen molar-refractivity contribution in [1.82, 2.24) is 9.80 Å². The fraction of sp³-hybridized carbons (Fsp3) is 0.933. The second kappa shape index (κ2) is 4.22. The van der Waals surface area contributed by atoms with Crippen LogP contribution in [0.2, 0.25) is 0 Å². The van der Waals surface area contributed by atoms with Gasteiger partial charge >= 0.3 is 0 Å². The normalized spacial score (nSPS) is 44.4. The van der Waals surface area contributed by atoms with Gasteiger partial charge in [0.15, 0.2) is 0 Å². The van der Waals surface area contributed by atoms with Crippen LogP contribution in [0.25, 0.3) is 0 Å². The molecule has 1 amide bonds. The Morgan fingerprint density at radius 3 is 2.44 bits per heavy atom. The Morgan fingerprint density at radius 1 is 0.833 bits per heavy atom. The zero-order valence-electron chi connectivity index (χ0n) is 11.2. The van der Waals surface area contributed by atoms with Crippen molar-refractivity contribution in [3.63, 3.8) is 0 Å². The van der Waals surface area contributed by atoms with Gasteiger partial charge in [-0.1, -0.05) is 12.8 Å². The van der Waals surface area contributed by atoms with Crippen LogP contribution in [0.4, 0.5) is 0 Å². The standard InChI is InChI=1S/C15H24N2O/c18-15-9-3-7-13-14-8-2-5-11-4-1-6-12(17(11)14)10-16(13)15/h11-14H,1-10H2. The molecule has 4 rings (SSSR count). The molecule has 4 saturated heterocycles. The number of rotatable bonds is 0. The molecule has 0 aromatic heterocycles. The van der Waals surface area contributed by atoms with Crippen molar-refractivity contribution in [2.24, 2.45) is 0 Å². The van der Waals surface area contributed by atoms with E-state index in [1.165, 1.54) is 44.9 Å². The molecule has 4 aliphatic rings. The van der Waals surface area contributed by atoms with Crippen molar-refractivity contribution >= 4 is 5.91 Å². The number of carbonyl (C=O) groups excluding carboxylic acids is 1. The van der Waals surface area contributed by atoms with E-state index in [1.54, 1.807) is 0 Å². The number of piperazine rings is 1. The van der Waals surface area contributed by atoms with Crippen molar-refractivity contribution in [1.29, 1.82) is 0 Å². The van der Waals surface area contributed by atoms with Crippen LogP contribution in [0, 0.1) is 0 Å². The zero-order chi connectivity index (χ0) is 12.1. The molecule has 4 unspecified atom stereocenters. The SMILES string of the molecule is O=C1CCCC2C3CCCC4CCCC(CN12)N43. The van der Waals surface area contributed by atoms with E-state index in [0.29, 0.717) is 24.0 Å². The van der Waals surface area contributed by atoms with Crippen LogP contribution in [0.15, 0.2) is 0 Å². The first kappa shape index (κ1) is 11.3. The van der Waals surface area contributed by atoms with Gasteiger partial charge in [0.2, 0.25) is 5.91 Å². The van der Waals surface area contributed by atoms with E-state index in [1.807, 2.05) is 0 Å². The van der Waals surface area contributed by atoms with E-state index in [2.05, 4.69) is 9.80 Å². The third-order valence-electron chi connectivity index (χ3n) is 5.80. The number of amides is 1. The number of nitrogens with zero attached hydrogens (tertiary/aromatic N) is 2. The van der Waals surface area contributed by atoms with Crippen molar-refractivity contribution in [3.05, 3.63) is 0 Å². The molecule has 0 aliphatic carbocycles. The summed E-state index contributed by atoms with van der Waals surface area (Å²) in [5.74, 6) is 0.443. The number of hydrogen-bond donors (Lipinski definition) is 0. The van der Waals surface area contributed by atoms with E-state index < -0.39 is 0 Å². The summed E-state index contributed by atoms with van der Waals surface area (Å²) < 4.78 is 0. The Kier molecular flexibility index (Phi) is 2.65. The van der Waals surface area contributed by atoms with E-state index in [4.69, 9.17) is 0 Å². The van der Waals surface area contributed by atoms with Gasteiger partial charge in [0, 0.05) is 37.1 Å². The minimum Gasteiger partial charge on any atom is -0.337 e. The summed E-state index contributed by atoms with van der Waals surface area (Å²) in [4.78, 5) is 17.3. The molecular formula is C15H24N2O. The third kappa shape index (κ3) is 1.56. The summed E-state index contributed by atoms with van der Waals surface area (Å²) in [5, 5.41) is 0. The topological polar surface area (TPSA) is 23.6 Å². The predicted molar refractivity (Wildman–Crippen MR) is 70.3 cm³/mol. The molecule has 18 heavy (non-hydrogen) atoms. The molecule has 0 aromatic rings. The van der Waals surface area contributed by atoms with Gasteiger partial charge in [0.25, 0.3) is 0 Å². The van der Waals surface area contributed by atoms with Gasteiger partial charge < -0.3 is 4.90 Å². The average molecular weight is 248 g/mol. The summed E-state index contributed by atoms with van der Waals surface area (Å²) in [5.41, 5.74) is 0. The van der Waals surface area contributed by atoms with Gasteiger partial charge in [0.05, 0.1) is 0 Å². The van der Waals surface area contributed by atoms with E-state index >= 15 is 0 Å².